The zero-order valence-corrected chi connectivity index (χ0v) is 12.4. The molecule has 0 fully saturated rings. The van der Waals surface area contributed by atoms with Crippen LogP contribution in [0.4, 0.5) is 4.39 Å². The number of halogens is 1. The number of hydrogen-bond donors (Lipinski definition) is 2. The fraction of sp³-hybridized carbons (Fsp3) is 0.438. The molecule has 0 amide bonds. The summed E-state index contributed by atoms with van der Waals surface area (Å²) >= 11 is 0. The maximum Gasteiger partial charge on any atom is 0.123 e. The van der Waals surface area contributed by atoms with Gasteiger partial charge in [0, 0.05) is 24.1 Å². The fourth-order valence-corrected chi connectivity index (χ4v) is 2.63. The zero-order chi connectivity index (χ0) is 15.5. The minimum Gasteiger partial charge on any atom is -0.395 e. The molecular weight excluding hydrogens is 271 g/mol. The third-order valence-electron chi connectivity index (χ3n) is 3.85. The Kier molecular flexibility index (Phi) is 4.75. The molecule has 1 aromatic carbocycles. The largest absolute Gasteiger partial charge is 0.395 e. The van der Waals surface area contributed by atoms with Crippen molar-refractivity contribution in [3.63, 3.8) is 0 Å². The first-order chi connectivity index (χ1) is 10.0. The highest BCUT2D eigenvalue weighted by molar-refractivity contribution is 5.29. The first-order valence-electron chi connectivity index (χ1n) is 7.05. The van der Waals surface area contributed by atoms with Crippen molar-refractivity contribution in [2.75, 3.05) is 13.2 Å². The van der Waals surface area contributed by atoms with Crippen molar-refractivity contribution >= 4 is 0 Å². The zero-order valence-electron chi connectivity index (χ0n) is 12.4. The first-order valence-corrected chi connectivity index (χ1v) is 7.05. The average Bonchev–Trinajstić information content (AvgIpc) is 2.84. The van der Waals surface area contributed by atoms with Crippen molar-refractivity contribution < 1.29 is 14.6 Å². The molecule has 0 saturated carbocycles. The molecule has 2 aromatic rings. The molecular formula is C16H21FN2O2. The molecule has 0 aliphatic carbocycles. The highest BCUT2D eigenvalue weighted by Gasteiger charge is 2.33. The van der Waals surface area contributed by atoms with Gasteiger partial charge in [-0.2, -0.15) is 5.10 Å². The van der Waals surface area contributed by atoms with E-state index in [9.17, 15) is 14.6 Å². The second-order valence-corrected chi connectivity index (χ2v) is 5.38. The summed E-state index contributed by atoms with van der Waals surface area (Å²) in [4.78, 5) is 0. The standard InChI is InChI=1S/C16H21FN2O2/c1-3-19-15(7-12(2)18-19)9-16(10-20,11-21)13-5-4-6-14(17)8-13/h4-8,20-21H,3,9-11H2,1-2H3. The van der Waals surface area contributed by atoms with E-state index in [2.05, 4.69) is 5.10 Å². The number of aryl methyl sites for hydroxylation is 2. The van der Waals surface area contributed by atoms with Crippen LogP contribution in [0.1, 0.15) is 23.9 Å². The summed E-state index contributed by atoms with van der Waals surface area (Å²) in [6.45, 7) is 4.07. The van der Waals surface area contributed by atoms with E-state index in [1.807, 2.05) is 24.6 Å². The van der Waals surface area contributed by atoms with Gasteiger partial charge in [0.25, 0.3) is 0 Å². The molecule has 0 unspecified atom stereocenters. The lowest BCUT2D eigenvalue weighted by atomic mass is 9.78. The van der Waals surface area contributed by atoms with Crippen molar-refractivity contribution in [3.8, 4) is 0 Å². The number of benzene rings is 1. The number of hydrogen-bond acceptors (Lipinski definition) is 3. The summed E-state index contributed by atoms with van der Waals surface area (Å²) in [6, 6.07) is 7.97. The molecule has 0 atom stereocenters. The van der Waals surface area contributed by atoms with Gasteiger partial charge in [-0.1, -0.05) is 12.1 Å². The molecule has 2 rings (SSSR count). The second-order valence-electron chi connectivity index (χ2n) is 5.38. The van der Waals surface area contributed by atoms with Crippen LogP contribution in [-0.4, -0.2) is 33.2 Å². The van der Waals surface area contributed by atoms with Crippen molar-refractivity contribution in [1.29, 1.82) is 0 Å². The van der Waals surface area contributed by atoms with Crippen LogP contribution in [-0.2, 0) is 18.4 Å². The number of nitrogens with zero attached hydrogens (tertiary/aromatic N) is 2. The lowest BCUT2D eigenvalue weighted by Gasteiger charge is -2.30. The quantitative estimate of drug-likeness (QED) is 0.854. The number of aliphatic hydroxyl groups is 2. The fourth-order valence-electron chi connectivity index (χ4n) is 2.63. The molecule has 0 radical (unpaired) electrons. The molecule has 1 heterocycles. The smallest absolute Gasteiger partial charge is 0.123 e. The van der Waals surface area contributed by atoms with E-state index in [1.165, 1.54) is 12.1 Å². The number of aliphatic hydroxyl groups excluding tert-OH is 2. The van der Waals surface area contributed by atoms with E-state index >= 15 is 0 Å². The molecule has 0 aliphatic rings. The van der Waals surface area contributed by atoms with Crippen molar-refractivity contribution in [2.45, 2.75) is 32.2 Å². The molecule has 0 saturated heterocycles. The van der Waals surface area contributed by atoms with Gasteiger partial charge >= 0.3 is 0 Å². The van der Waals surface area contributed by atoms with E-state index in [0.717, 1.165) is 11.4 Å². The predicted molar refractivity (Wildman–Crippen MR) is 78.6 cm³/mol. The predicted octanol–water partition coefficient (Wildman–Crippen LogP) is 1.82. The van der Waals surface area contributed by atoms with Gasteiger partial charge in [-0.05, 0) is 37.6 Å². The molecule has 21 heavy (non-hydrogen) atoms. The van der Waals surface area contributed by atoms with Gasteiger partial charge in [-0.25, -0.2) is 4.39 Å². The van der Waals surface area contributed by atoms with Crippen LogP contribution in [0.2, 0.25) is 0 Å². The number of aromatic nitrogens is 2. The van der Waals surface area contributed by atoms with Gasteiger partial charge in [0.2, 0.25) is 0 Å². The van der Waals surface area contributed by atoms with Crippen molar-refractivity contribution in [1.82, 2.24) is 9.78 Å². The summed E-state index contributed by atoms with van der Waals surface area (Å²) < 4.78 is 15.3. The van der Waals surface area contributed by atoms with Gasteiger partial charge in [-0.3, -0.25) is 4.68 Å². The Bertz CT molecular complexity index is 606. The Morgan fingerprint density at radius 1 is 1.24 bits per heavy atom. The summed E-state index contributed by atoms with van der Waals surface area (Å²) in [5, 5.41) is 24.1. The minimum atomic E-state index is -0.915. The average molecular weight is 292 g/mol. The lowest BCUT2D eigenvalue weighted by molar-refractivity contribution is 0.114. The van der Waals surface area contributed by atoms with E-state index in [1.54, 1.807) is 12.1 Å². The SMILES string of the molecule is CCn1nc(C)cc1CC(CO)(CO)c1cccc(F)c1. The Labute approximate surface area is 123 Å². The number of rotatable bonds is 6. The third-order valence-corrected chi connectivity index (χ3v) is 3.85. The second kappa shape index (κ2) is 6.37. The normalized spacial score (nSPS) is 11.9. The minimum absolute atomic E-state index is 0.263. The van der Waals surface area contributed by atoms with Gasteiger partial charge in [0.05, 0.1) is 18.9 Å². The molecule has 0 spiro atoms. The molecule has 5 heteroatoms. The summed E-state index contributed by atoms with van der Waals surface area (Å²) in [5.74, 6) is -0.376. The van der Waals surface area contributed by atoms with Crippen LogP contribution < -0.4 is 0 Å². The van der Waals surface area contributed by atoms with E-state index in [0.29, 0.717) is 18.5 Å². The van der Waals surface area contributed by atoms with Crippen LogP contribution in [0, 0.1) is 12.7 Å². The van der Waals surface area contributed by atoms with Crippen molar-refractivity contribution in [3.05, 3.63) is 53.1 Å². The van der Waals surface area contributed by atoms with E-state index in [4.69, 9.17) is 0 Å². The summed E-state index contributed by atoms with van der Waals surface area (Å²) in [5.41, 5.74) is 1.48. The summed E-state index contributed by atoms with van der Waals surface area (Å²) in [7, 11) is 0. The monoisotopic (exact) mass is 292 g/mol. The molecule has 0 bridgehead atoms. The highest BCUT2D eigenvalue weighted by Crippen LogP contribution is 2.29. The van der Waals surface area contributed by atoms with Crippen LogP contribution >= 0.6 is 0 Å². The first kappa shape index (κ1) is 15.7. The van der Waals surface area contributed by atoms with Gasteiger partial charge < -0.3 is 10.2 Å². The van der Waals surface area contributed by atoms with Crippen LogP contribution in [0.5, 0.6) is 0 Å². The van der Waals surface area contributed by atoms with E-state index in [-0.39, 0.29) is 19.0 Å². The Balaban J connectivity index is 2.42. The molecule has 0 aliphatic heterocycles. The highest BCUT2D eigenvalue weighted by atomic mass is 19.1. The van der Waals surface area contributed by atoms with Gasteiger partial charge in [0.1, 0.15) is 5.82 Å². The van der Waals surface area contributed by atoms with Crippen molar-refractivity contribution in [2.24, 2.45) is 0 Å². The molecule has 4 nitrogen and oxygen atoms in total. The molecule has 114 valence electrons. The van der Waals surface area contributed by atoms with Crippen LogP contribution in [0.25, 0.3) is 0 Å². The maximum atomic E-state index is 13.5. The topological polar surface area (TPSA) is 58.3 Å². The Morgan fingerprint density at radius 3 is 2.52 bits per heavy atom. The lowest BCUT2D eigenvalue weighted by Crippen LogP contribution is -2.38. The van der Waals surface area contributed by atoms with E-state index < -0.39 is 5.41 Å². The van der Waals surface area contributed by atoms with Crippen LogP contribution in [0.15, 0.2) is 30.3 Å². The molecule has 2 N–H and O–H groups in total. The Morgan fingerprint density at radius 2 is 1.95 bits per heavy atom. The Hall–Kier alpha value is -1.72. The summed E-state index contributed by atoms with van der Waals surface area (Å²) in [6.07, 6.45) is 0.401. The van der Waals surface area contributed by atoms with Gasteiger partial charge in [-0.15, -0.1) is 0 Å². The molecule has 1 aromatic heterocycles. The van der Waals surface area contributed by atoms with Crippen LogP contribution in [0.3, 0.4) is 0 Å². The van der Waals surface area contributed by atoms with Gasteiger partial charge in [0.15, 0.2) is 0 Å². The maximum absolute atomic E-state index is 13.5. The third kappa shape index (κ3) is 3.14.